The van der Waals surface area contributed by atoms with E-state index < -0.39 is 0 Å². The van der Waals surface area contributed by atoms with Gasteiger partial charge in [-0.15, -0.1) is 0 Å². The Morgan fingerprint density at radius 3 is 2.75 bits per heavy atom. The maximum Gasteiger partial charge on any atom is 0.203 e. The van der Waals surface area contributed by atoms with Crippen molar-refractivity contribution in [2.24, 2.45) is 0 Å². The quantitative estimate of drug-likeness (QED) is 0.907. The molecule has 0 spiro atoms. The molecular formula is C11H12ClN3S. The highest BCUT2D eigenvalue weighted by molar-refractivity contribution is 7.09. The van der Waals surface area contributed by atoms with Crippen molar-refractivity contribution in [2.75, 3.05) is 5.32 Å². The van der Waals surface area contributed by atoms with Gasteiger partial charge >= 0.3 is 0 Å². The molecule has 5 heteroatoms. The summed E-state index contributed by atoms with van der Waals surface area (Å²) in [6.45, 7) is 4.13. The molecule has 3 nitrogen and oxygen atoms in total. The molecule has 1 aromatic heterocycles. The Kier molecular flexibility index (Phi) is 3.41. The first-order valence-electron chi connectivity index (χ1n) is 5.02. The minimum atomic E-state index is 0.354. The predicted molar refractivity (Wildman–Crippen MR) is 69.1 cm³/mol. The summed E-state index contributed by atoms with van der Waals surface area (Å²) >= 11 is 7.43. The topological polar surface area (TPSA) is 37.8 Å². The molecule has 2 aromatic rings. The first-order chi connectivity index (χ1) is 7.66. The Morgan fingerprint density at radius 2 is 2.06 bits per heavy atom. The van der Waals surface area contributed by atoms with Crippen LogP contribution in [0.1, 0.15) is 13.8 Å². The van der Waals surface area contributed by atoms with Crippen LogP contribution in [0.25, 0.3) is 11.4 Å². The SMILES string of the molecule is CC(C)Nc1nc(-c2ccccc2Cl)ns1. The molecule has 0 saturated heterocycles. The number of rotatable bonds is 3. The summed E-state index contributed by atoms with van der Waals surface area (Å²) in [7, 11) is 0. The third-order valence-electron chi connectivity index (χ3n) is 1.95. The van der Waals surface area contributed by atoms with E-state index in [0.29, 0.717) is 16.9 Å². The molecule has 1 N–H and O–H groups in total. The summed E-state index contributed by atoms with van der Waals surface area (Å²) in [5, 5.41) is 4.72. The van der Waals surface area contributed by atoms with E-state index in [9.17, 15) is 0 Å². The highest BCUT2D eigenvalue weighted by Crippen LogP contribution is 2.27. The van der Waals surface area contributed by atoms with Crippen molar-refractivity contribution >= 4 is 28.3 Å². The number of benzene rings is 1. The highest BCUT2D eigenvalue weighted by Gasteiger charge is 2.09. The molecule has 0 aliphatic heterocycles. The number of nitrogens with zero attached hydrogens (tertiary/aromatic N) is 2. The van der Waals surface area contributed by atoms with Crippen LogP contribution in [-0.2, 0) is 0 Å². The number of anilines is 1. The smallest absolute Gasteiger partial charge is 0.203 e. The van der Waals surface area contributed by atoms with Gasteiger partial charge in [-0.3, -0.25) is 0 Å². The van der Waals surface area contributed by atoms with E-state index >= 15 is 0 Å². The van der Waals surface area contributed by atoms with Gasteiger partial charge in [0.25, 0.3) is 0 Å². The van der Waals surface area contributed by atoms with Crippen molar-refractivity contribution in [2.45, 2.75) is 19.9 Å². The fraction of sp³-hybridized carbons (Fsp3) is 0.273. The second-order valence-electron chi connectivity index (χ2n) is 3.70. The van der Waals surface area contributed by atoms with Gasteiger partial charge in [0.15, 0.2) is 5.82 Å². The van der Waals surface area contributed by atoms with Gasteiger partial charge in [0.2, 0.25) is 5.13 Å². The van der Waals surface area contributed by atoms with E-state index in [1.807, 2.05) is 24.3 Å². The summed E-state index contributed by atoms with van der Waals surface area (Å²) in [5.41, 5.74) is 0.872. The molecule has 0 bridgehead atoms. The van der Waals surface area contributed by atoms with Crippen molar-refractivity contribution in [3.05, 3.63) is 29.3 Å². The number of nitrogens with one attached hydrogen (secondary N) is 1. The first kappa shape index (κ1) is 11.4. The van der Waals surface area contributed by atoms with Gasteiger partial charge in [0.05, 0.1) is 5.02 Å². The predicted octanol–water partition coefficient (Wildman–Crippen LogP) is 3.68. The summed E-state index contributed by atoms with van der Waals surface area (Å²) in [6.07, 6.45) is 0. The van der Waals surface area contributed by atoms with Gasteiger partial charge in [0, 0.05) is 23.1 Å². The molecule has 0 fully saturated rings. The van der Waals surface area contributed by atoms with E-state index in [0.717, 1.165) is 10.7 Å². The molecule has 0 saturated carbocycles. The van der Waals surface area contributed by atoms with Crippen LogP contribution >= 0.6 is 23.1 Å². The molecule has 0 amide bonds. The van der Waals surface area contributed by atoms with Crippen molar-refractivity contribution in [3.63, 3.8) is 0 Å². The van der Waals surface area contributed by atoms with E-state index in [4.69, 9.17) is 11.6 Å². The van der Waals surface area contributed by atoms with Crippen LogP contribution in [0.15, 0.2) is 24.3 Å². The zero-order valence-corrected chi connectivity index (χ0v) is 10.6. The second-order valence-corrected chi connectivity index (χ2v) is 4.86. The lowest BCUT2D eigenvalue weighted by Crippen LogP contribution is -2.08. The van der Waals surface area contributed by atoms with Crippen molar-refractivity contribution < 1.29 is 0 Å². The molecule has 1 aromatic carbocycles. The average Bonchev–Trinajstić information content (AvgIpc) is 2.66. The molecule has 0 unspecified atom stereocenters. The van der Waals surface area contributed by atoms with Crippen LogP contribution in [0.5, 0.6) is 0 Å². The Labute approximate surface area is 104 Å². The molecule has 16 heavy (non-hydrogen) atoms. The van der Waals surface area contributed by atoms with E-state index in [-0.39, 0.29) is 0 Å². The average molecular weight is 254 g/mol. The summed E-state index contributed by atoms with van der Waals surface area (Å²) in [5.74, 6) is 0.679. The Hall–Kier alpha value is -1.13. The van der Waals surface area contributed by atoms with Gasteiger partial charge < -0.3 is 5.32 Å². The summed E-state index contributed by atoms with van der Waals surface area (Å²) in [4.78, 5) is 4.39. The van der Waals surface area contributed by atoms with Crippen molar-refractivity contribution in [1.29, 1.82) is 0 Å². The largest absolute Gasteiger partial charge is 0.358 e. The fourth-order valence-electron chi connectivity index (χ4n) is 1.28. The lowest BCUT2D eigenvalue weighted by molar-refractivity contribution is 0.896. The number of hydrogen-bond acceptors (Lipinski definition) is 4. The fourth-order valence-corrected chi connectivity index (χ4v) is 2.23. The van der Waals surface area contributed by atoms with Crippen molar-refractivity contribution in [3.8, 4) is 11.4 Å². The molecule has 84 valence electrons. The number of halogens is 1. The summed E-state index contributed by atoms with van der Waals surface area (Å²) in [6, 6.07) is 7.94. The molecule has 1 heterocycles. The lowest BCUT2D eigenvalue weighted by atomic mass is 10.2. The second kappa shape index (κ2) is 4.80. The lowest BCUT2D eigenvalue weighted by Gasteiger charge is -2.03. The molecule has 0 aliphatic rings. The van der Waals surface area contributed by atoms with Gasteiger partial charge in [-0.25, -0.2) is 0 Å². The Balaban J connectivity index is 2.28. The zero-order valence-electron chi connectivity index (χ0n) is 9.07. The van der Waals surface area contributed by atoms with Gasteiger partial charge in [-0.1, -0.05) is 23.7 Å². The number of hydrogen-bond donors (Lipinski definition) is 1. The first-order valence-corrected chi connectivity index (χ1v) is 6.17. The maximum atomic E-state index is 6.08. The minimum absolute atomic E-state index is 0.354. The Bertz CT molecular complexity index is 482. The molecule has 2 rings (SSSR count). The highest BCUT2D eigenvalue weighted by atomic mass is 35.5. The maximum absolute atomic E-state index is 6.08. The van der Waals surface area contributed by atoms with Crippen LogP contribution in [0.3, 0.4) is 0 Å². The van der Waals surface area contributed by atoms with E-state index in [1.54, 1.807) is 0 Å². The van der Waals surface area contributed by atoms with Crippen LogP contribution in [-0.4, -0.2) is 15.4 Å². The normalized spacial score (nSPS) is 10.8. The van der Waals surface area contributed by atoms with Gasteiger partial charge in [-0.05, 0) is 26.0 Å². The van der Waals surface area contributed by atoms with Crippen LogP contribution in [0, 0.1) is 0 Å². The Morgan fingerprint density at radius 1 is 1.31 bits per heavy atom. The molecular weight excluding hydrogens is 242 g/mol. The molecule has 0 radical (unpaired) electrons. The number of aromatic nitrogens is 2. The van der Waals surface area contributed by atoms with E-state index in [2.05, 4.69) is 28.5 Å². The van der Waals surface area contributed by atoms with Crippen LogP contribution < -0.4 is 5.32 Å². The monoisotopic (exact) mass is 253 g/mol. The van der Waals surface area contributed by atoms with Gasteiger partial charge in [-0.2, -0.15) is 9.36 Å². The third-order valence-corrected chi connectivity index (χ3v) is 2.93. The zero-order chi connectivity index (χ0) is 11.5. The minimum Gasteiger partial charge on any atom is -0.358 e. The van der Waals surface area contributed by atoms with Crippen LogP contribution in [0.4, 0.5) is 5.13 Å². The van der Waals surface area contributed by atoms with Crippen LogP contribution in [0.2, 0.25) is 5.02 Å². The van der Waals surface area contributed by atoms with E-state index in [1.165, 1.54) is 11.5 Å². The van der Waals surface area contributed by atoms with Crippen molar-refractivity contribution in [1.82, 2.24) is 9.36 Å². The third kappa shape index (κ3) is 2.51. The van der Waals surface area contributed by atoms with Gasteiger partial charge in [0.1, 0.15) is 0 Å². The summed E-state index contributed by atoms with van der Waals surface area (Å²) < 4.78 is 4.28. The molecule has 0 aliphatic carbocycles. The standard InChI is InChI=1S/C11H12ClN3S/c1-7(2)13-11-14-10(15-16-11)8-5-3-4-6-9(8)12/h3-7H,1-2H3,(H,13,14,15). The molecule has 0 atom stereocenters.